The zero-order valence-corrected chi connectivity index (χ0v) is 35.5. The van der Waals surface area contributed by atoms with E-state index in [1.54, 1.807) is 17.7 Å². The summed E-state index contributed by atoms with van der Waals surface area (Å²) in [5.74, 6) is 0.286. The molecule has 0 spiro atoms. The van der Waals surface area contributed by atoms with Gasteiger partial charge in [0.2, 0.25) is 0 Å². The van der Waals surface area contributed by atoms with E-state index in [-0.39, 0.29) is 47.9 Å². The molecule has 3 aromatic carbocycles. The van der Waals surface area contributed by atoms with Crippen molar-refractivity contribution in [3.05, 3.63) is 82.7 Å². The van der Waals surface area contributed by atoms with Gasteiger partial charge >= 0.3 is 0 Å². The number of benzene rings is 3. The summed E-state index contributed by atoms with van der Waals surface area (Å²) in [5.41, 5.74) is 5.19. The minimum Gasteiger partial charge on any atom is -0.512 e. The van der Waals surface area contributed by atoms with Crippen molar-refractivity contribution in [1.82, 2.24) is 9.97 Å². The van der Waals surface area contributed by atoms with Gasteiger partial charge in [-0.3, -0.25) is 9.78 Å². The fourth-order valence-electron chi connectivity index (χ4n) is 6.31. The summed E-state index contributed by atoms with van der Waals surface area (Å²) in [5, 5.41) is 15.1. The van der Waals surface area contributed by atoms with E-state index in [0.717, 1.165) is 52.5 Å². The van der Waals surface area contributed by atoms with Gasteiger partial charge in [0, 0.05) is 67.1 Å². The predicted octanol–water partition coefficient (Wildman–Crippen LogP) is 13.2. The standard InChI is InChI=1S/C28H23N2S2.C15H28O2.Ir/c1-15-16(2)31-26-19(15)10-11-22-23(26)25-27(32-22)24(29-14-30-25)18-12-17-8-6-7-9-20(17)21(13-18)28(3,4)5;1-7-14(5,8-2)12(16)11-13(17)15(6,9-3)10-4;/h6-11,13-14H,1-5H3;11,16H,7-10H2,1-6H3;/q-1;;/b;12-11-;. The molecule has 267 valence electrons. The van der Waals surface area contributed by atoms with Crippen LogP contribution in [0.15, 0.2) is 60.6 Å². The number of aromatic nitrogens is 2. The minimum atomic E-state index is -0.337. The third-order valence-electron chi connectivity index (χ3n) is 11.0. The second kappa shape index (κ2) is 15.3. The zero-order chi connectivity index (χ0) is 35.9. The van der Waals surface area contributed by atoms with Gasteiger partial charge in [0.05, 0.1) is 5.52 Å². The van der Waals surface area contributed by atoms with Crippen molar-refractivity contribution in [1.29, 1.82) is 0 Å². The molecule has 0 aliphatic carbocycles. The minimum absolute atomic E-state index is 0. The first-order chi connectivity index (χ1) is 23.1. The first-order valence-corrected chi connectivity index (χ1v) is 19.2. The van der Waals surface area contributed by atoms with E-state index in [4.69, 9.17) is 9.97 Å². The number of ketones is 1. The predicted molar refractivity (Wildman–Crippen MR) is 213 cm³/mol. The van der Waals surface area contributed by atoms with Crippen molar-refractivity contribution in [3.63, 3.8) is 0 Å². The number of carbonyl (C=O) groups is 1. The summed E-state index contributed by atoms with van der Waals surface area (Å²) < 4.78 is 3.75. The molecule has 6 rings (SSSR count). The van der Waals surface area contributed by atoms with Gasteiger partial charge in [0.15, 0.2) is 5.78 Å². The molecule has 3 heterocycles. The van der Waals surface area contributed by atoms with Crippen molar-refractivity contribution in [2.24, 2.45) is 10.8 Å². The van der Waals surface area contributed by atoms with Crippen LogP contribution in [0.2, 0.25) is 0 Å². The number of aryl methyl sites for hydroxylation is 2. The Labute approximate surface area is 319 Å². The number of hydrogen-bond donors (Lipinski definition) is 1. The molecule has 7 heteroatoms. The third-order valence-corrected chi connectivity index (χ3v) is 13.4. The fourth-order valence-corrected chi connectivity index (χ4v) is 8.75. The number of allylic oxidation sites excluding steroid dienone is 2. The molecule has 4 nitrogen and oxygen atoms in total. The monoisotopic (exact) mass is 884 g/mol. The van der Waals surface area contributed by atoms with E-state index in [9.17, 15) is 9.90 Å². The first kappa shape index (κ1) is 39.8. The largest absolute Gasteiger partial charge is 0.512 e. The molecule has 50 heavy (non-hydrogen) atoms. The second-order valence-corrected chi connectivity index (χ2v) is 17.2. The Morgan fingerprint density at radius 1 is 0.840 bits per heavy atom. The molecule has 1 radical (unpaired) electrons. The van der Waals surface area contributed by atoms with Gasteiger partial charge in [-0.05, 0) is 62.0 Å². The number of hydrogen-bond acceptors (Lipinski definition) is 6. The van der Waals surface area contributed by atoms with E-state index >= 15 is 0 Å². The van der Waals surface area contributed by atoms with Gasteiger partial charge in [0.1, 0.15) is 12.1 Å². The van der Waals surface area contributed by atoms with Crippen LogP contribution in [0.4, 0.5) is 0 Å². The van der Waals surface area contributed by atoms with Crippen LogP contribution in [0.1, 0.15) is 104 Å². The molecule has 0 saturated heterocycles. The van der Waals surface area contributed by atoms with E-state index in [1.807, 2.05) is 52.9 Å². The average Bonchev–Trinajstić information content (AvgIpc) is 3.62. The Morgan fingerprint density at radius 2 is 1.48 bits per heavy atom. The zero-order valence-electron chi connectivity index (χ0n) is 31.4. The van der Waals surface area contributed by atoms with Gasteiger partial charge in [-0.15, -0.1) is 51.8 Å². The van der Waals surface area contributed by atoms with Crippen LogP contribution in [-0.4, -0.2) is 20.9 Å². The van der Waals surface area contributed by atoms with Crippen LogP contribution in [0.25, 0.3) is 52.4 Å². The normalized spacial score (nSPS) is 12.7. The van der Waals surface area contributed by atoms with E-state index in [2.05, 4.69) is 83.1 Å². The quantitative estimate of drug-likeness (QED) is 0.0940. The number of nitrogens with zero attached hydrogens (tertiary/aromatic N) is 2. The summed E-state index contributed by atoms with van der Waals surface area (Å²) in [7, 11) is 0. The molecule has 0 aliphatic rings. The number of aliphatic hydroxyl groups is 1. The van der Waals surface area contributed by atoms with Gasteiger partial charge < -0.3 is 5.11 Å². The van der Waals surface area contributed by atoms with Crippen molar-refractivity contribution in [2.45, 2.75) is 107 Å². The Hall–Kier alpha value is -2.96. The van der Waals surface area contributed by atoms with Crippen LogP contribution in [0, 0.1) is 30.7 Å². The van der Waals surface area contributed by atoms with Gasteiger partial charge in [-0.2, -0.15) is 0 Å². The number of carbonyl (C=O) groups excluding carboxylic acids is 1. The van der Waals surface area contributed by atoms with Gasteiger partial charge in [-0.1, -0.05) is 97.5 Å². The van der Waals surface area contributed by atoms with Crippen molar-refractivity contribution in [2.75, 3.05) is 0 Å². The van der Waals surface area contributed by atoms with Crippen molar-refractivity contribution < 1.29 is 30.0 Å². The van der Waals surface area contributed by atoms with Crippen molar-refractivity contribution >= 4 is 69.6 Å². The van der Waals surface area contributed by atoms with Crippen LogP contribution in [0.3, 0.4) is 0 Å². The Morgan fingerprint density at radius 3 is 2.10 bits per heavy atom. The SMILES string of the molecule is CCC(C)(CC)C(=O)/C=C(\O)C(C)(CC)CC.Cc1sc2c(ccc3sc4c(-c5[c-]c6ccccc6c(C(C)(C)C)c5)ncnc4c32)c1C.[Ir]. The number of rotatable bonds is 8. The molecule has 0 fully saturated rings. The average molecular weight is 884 g/mol. The topological polar surface area (TPSA) is 63.1 Å². The van der Waals surface area contributed by atoms with Crippen LogP contribution in [-0.2, 0) is 30.3 Å². The van der Waals surface area contributed by atoms with Gasteiger partial charge in [0.25, 0.3) is 0 Å². The molecule has 1 N–H and O–H groups in total. The first-order valence-electron chi connectivity index (χ1n) is 17.6. The second-order valence-electron chi connectivity index (χ2n) is 14.9. The number of thiophene rings is 2. The maximum absolute atomic E-state index is 12.2. The van der Waals surface area contributed by atoms with Crippen LogP contribution < -0.4 is 0 Å². The molecular formula is C43H51IrN2O2S2-. The Balaban J connectivity index is 0.000000269. The molecule has 0 atom stereocenters. The summed E-state index contributed by atoms with van der Waals surface area (Å²) in [6, 6.07) is 19.0. The van der Waals surface area contributed by atoms with Gasteiger partial charge in [-0.25, -0.2) is 4.98 Å². The van der Waals surface area contributed by atoms with E-state index in [1.165, 1.54) is 47.6 Å². The van der Waals surface area contributed by atoms with E-state index < -0.39 is 0 Å². The van der Waals surface area contributed by atoms with Crippen LogP contribution in [0.5, 0.6) is 0 Å². The smallest absolute Gasteiger partial charge is 0.164 e. The number of aliphatic hydroxyl groups excluding tert-OH is 1. The molecule has 0 saturated carbocycles. The Bertz CT molecular complexity index is 2190. The third kappa shape index (κ3) is 7.35. The van der Waals surface area contributed by atoms with Crippen molar-refractivity contribution in [3.8, 4) is 11.3 Å². The van der Waals surface area contributed by atoms with Crippen LogP contribution >= 0.6 is 22.7 Å². The summed E-state index contributed by atoms with van der Waals surface area (Å²) in [4.78, 5) is 23.1. The fraction of sp³-hybridized carbons (Fsp3) is 0.419. The van der Waals surface area contributed by atoms with E-state index in [0.29, 0.717) is 0 Å². The maximum Gasteiger partial charge on any atom is 0.164 e. The molecule has 3 aromatic heterocycles. The number of fused-ring (bicyclic) bond motifs is 6. The summed E-state index contributed by atoms with van der Waals surface area (Å²) in [6.45, 7) is 23.3. The molecule has 0 amide bonds. The Kier molecular flexibility index (Phi) is 12.2. The molecule has 0 bridgehead atoms. The molecule has 0 aliphatic heterocycles. The maximum atomic E-state index is 12.2. The summed E-state index contributed by atoms with van der Waals surface area (Å²) in [6.07, 6.45) is 6.47. The molecule has 6 aromatic rings. The molecular weight excluding hydrogens is 833 g/mol. The summed E-state index contributed by atoms with van der Waals surface area (Å²) >= 11 is 3.67. The molecule has 0 unspecified atom stereocenters.